The Kier molecular flexibility index (Phi) is 6.59. The molecule has 1 amide bonds. The number of pyridine rings is 2. The summed E-state index contributed by atoms with van der Waals surface area (Å²) in [4.78, 5) is 25.6. The lowest BCUT2D eigenvalue weighted by Gasteiger charge is -2.33. The fraction of sp³-hybridized carbons (Fsp3) is 0.560. The average Bonchev–Trinajstić information content (AvgIpc) is 3.55. The van der Waals surface area contributed by atoms with Crippen molar-refractivity contribution in [2.75, 3.05) is 29.4 Å². The van der Waals surface area contributed by atoms with Crippen LogP contribution in [0.3, 0.4) is 0 Å². The molecule has 1 unspecified atom stereocenters. The number of nitrogens with zero attached hydrogens (tertiary/aromatic N) is 4. The van der Waals surface area contributed by atoms with Crippen molar-refractivity contribution < 1.29 is 13.2 Å². The molecule has 1 aliphatic heterocycles. The quantitative estimate of drug-likeness (QED) is 0.577. The average molecular weight is 486 g/mol. The van der Waals surface area contributed by atoms with Crippen molar-refractivity contribution >= 4 is 27.4 Å². The van der Waals surface area contributed by atoms with Crippen molar-refractivity contribution in [3.63, 3.8) is 0 Å². The summed E-state index contributed by atoms with van der Waals surface area (Å²) in [6.07, 6.45) is 5.68. The van der Waals surface area contributed by atoms with E-state index in [1.54, 1.807) is 6.07 Å². The third kappa shape index (κ3) is 4.76. The van der Waals surface area contributed by atoms with Crippen LogP contribution in [0.1, 0.15) is 63.7 Å². The molecular formula is C25H35N5O3S. The molecule has 0 aromatic carbocycles. The van der Waals surface area contributed by atoms with Crippen LogP contribution in [0.25, 0.3) is 0 Å². The second-order valence-electron chi connectivity index (χ2n) is 10.3. The van der Waals surface area contributed by atoms with Gasteiger partial charge in [-0.2, -0.15) is 0 Å². The first kappa shape index (κ1) is 24.4. The highest BCUT2D eigenvalue weighted by atomic mass is 32.2. The molecule has 34 heavy (non-hydrogen) atoms. The van der Waals surface area contributed by atoms with E-state index >= 15 is 0 Å². The molecule has 2 aromatic rings. The molecule has 8 nitrogen and oxygen atoms in total. The molecule has 3 heterocycles. The number of nitrogens with two attached hydrogens (primary N) is 1. The van der Waals surface area contributed by atoms with Crippen LogP contribution >= 0.6 is 0 Å². The maximum Gasteiger partial charge on any atom is 0.253 e. The van der Waals surface area contributed by atoms with Crippen LogP contribution in [0.2, 0.25) is 0 Å². The SMILES string of the molecule is CCCN(CC1CC1)c1cccc(S(=O)(=O)c2ccnc(N3CC(C)CC3(C)C)c2C(N)=O)n1. The molecule has 2 aliphatic rings. The molecule has 0 spiro atoms. The van der Waals surface area contributed by atoms with Crippen molar-refractivity contribution in [2.24, 2.45) is 17.6 Å². The Labute approximate surface area is 202 Å². The highest BCUT2D eigenvalue weighted by Crippen LogP contribution is 2.39. The smallest absolute Gasteiger partial charge is 0.253 e. The van der Waals surface area contributed by atoms with Gasteiger partial charge in [0, 0.05) is 31.4 Å². The van der Waals surface area contributed by atoms with Crippen molar-refractivity contribution in [3.8, 4) is 0 Å². The molecule has 1 saturated carbocycles. The van der Waals surface area contributed by atoms with Gasteiger partial charge >= 0.3 is 0 Å². The number of rotatable bonds is 9. The molecule has 2 fully saturated rings. The zero-order valence-corrected chi connectivity index (χ0v) is 21.3. The topological polar surface area (TPSA) is 109 Å². The summed E-state index contributed by atoms with van der Waals surface area (Å²) in [6.45, 7) is 10.7. The molecule has 0 bridgehead atoms. The van der Waals surface area contributed by atoms with E-state index in [1.165, 1.54) is 31.2 Å². The fourth-order valence-corrected chi connectivity index (χ4v) is 6.47. The molecular weight excluding hydrogens is 450 g/mol. The number of sulfone groups is 1. The Morgan fingerprint density at radius 1 is 1.26 bits per heavy atom. The molecule has 184 valence electrons. The minimum absolute atomic E-state index is 0.0692. The van der Waals surface area contributed by atoms with Gasteiger partial charge in [0.05, 0.1) is 4.90 Å². The zero-order valence-electron chi connectivity index (χ0n) is 20.5. The van der Waals surface area contributed by atoms with E-state index in [-0.39, 0.29) is 21.0 Å². The lowest BCUT2D eigenvalue weighted by Crippen LogP contribution is -2.40. The van der Waals surface area contributed by atoms with Crippen LogP contribution in [-0.4, -0.2) is 49.5 Å². The lowest BCUT2D eigenvalue weighted by atomic mass is 9.97. The van der Waals surface area contributed by atoms with Crippen LogP contribution in [-0.2, 0) is 9.84 Å². The maximum absolute atomic E-state index is 13.8. The summed E-state index contributed by atoms with van der Waals surface area (Å²) in [5.41, 5.74) is 5.42. The van der Waals surface area contributed by atoms with Gasteiger partial charge < -0.3 is 15.5 Å². The van der Waals surface area contributed by atoms with Crippen molar-refractivity contribution in [1.29, 1.82) is 0 Å². The second-order valence-corrected chi connectivity index (χ2v) is 12.2. The number of anilines is 2. The first-order chi connectivity index (χ1) is 16.0. The third-order valence-corrected chi connectivity index (χ3v) is 8.43. The Morgan fingerprint density at radius 3 is 2.59 bits per heavy atom. The normalized spacial score (nSPS) is 19.9. The van der Waals surface area contributed by atoms with Gasteiger partial charge in [0.15, 0.2) is 5.03 Å². The van der Waals surface area contributed by atoms with Crippen LogP contribution < -0.4 is 15.5 Å². The molecule has 2 aromatic heterocycles. The predicted octanol–water partition coefficient (Wildman–Crippen LogP) is 3.66. The van der Waals surface area contributed by atoms with Gasteiger partial charge in [0.1, 0.15) is 17.2 Å². The van der Waals surface area contributed by atoms with Crippen molar-refractivity contribution in [1.82, 2.24) is 9.97 Å². The number of carbonyl (C=O) groups is 1. The number of carbonyl (C=O) groups excluding carboxylic acids is 1. The summed E-state index contributed by atoms with van der Waals surface area (Å²) >= 11 is 0. The molecule has 0 radical (unpaired) electrons. The highest BCUT2D eigenvalue weighted by molar-refractivity contribution is 7.91. The number of amides is 1. The lowest BCUT2D eigenvalue weighted by molar-refractivity contribution is 0.0997. The fourth-order valence-electron chi connectivity index (χ4n) is 5.08. The van der Waals surface area contributed by atoms with E-state index in [1.807, 2.05) is 11.0 Å². The third-order valence-electron chi connectivity index (χ3n) is 6.73. The zero-order chi connectivity index (χ0) is 24.7. The van der Waals surface area contributed by atoms with Crippen LogP contribution in [0.15, 0.2) is 40.4 Å². The molecule has 9 heteroatoms. The Morgan fingerprint density at radius 2 is 2.00 bits per heavy atom. The van der Waals surface area contributed by atoms with E-state index in [2.05, 4.69) is 42.6 Å². The Balaban J connectivity index is 1.78. The summed E-state index contributed by atoms with van der Waals surface area (Å²) in [6, 6.07) is 6.39. The summed E-state index contributed by atoms with van der Waals surface area (Å²) in [5, 5.41) is -0.0874. The van der Waals surface area contributed by atoms with E-state index < -0.39 is 15.7 Å². The van der Waals surface area contributed by atoms with Crippen LogP contribution in [0.4, 0.5) is 11.6 Å². The second kappa shape index (κ2) is 9.17. The van der Waals surface area contributed by atoms with Gasteiger partial charge in [0.2, 0.25) is 9.84 Å². The van der Waals surface area contributed by atoms with E-state index in [9.17, 15) is 13.2 Å². The largest absolute Gasteiger partial charge is 0.365 e. The molecule has 2 N–H and O–H groups in total. The van der Waals surface area contributed by atoms with Crippen molar-refractivity contribution in [2.45, 2.75) is 68.8 Å². The van der Waals surface area contributed by atoms with E-state index in [0.29, 0.717) is 30.0 Å². The maximum atomic E-state index is 13.8. The Bertz CT molecular complexity index is 1180. The van der Waals surface area contributed by atoms with Gasteiger partial charge in [-0.1, -0.05) is 19.9 Å². The van der Waals surface area contributed by atoms with Gasteiger partial charge in [-0.3, -0.25) is 4.79 Å². The predicted molar refractivity (Wildman–Crippen MR) is 133 cm³/mol. The summed E-state index contributed by atoms with van der Waals surface area (Å²) < 4.78 is 27.6. The molecule has 4 rings (SSSR count). The summed E-state index contributed by atoms with van der Waals surface area (Å²) in [7, 11) is -4.11. The van der Waals surface area contributed by atoms with Gasteiger partial charge in [-0.05, 0) is 69.6 Å². The standard InChI is InChI=1S/C25H35N5O3S/c1-5-13-29(16-18-9-10-18)20-7-6-8-21(28-20)34(32,33)19-11-12-27-24(22(19)23(26)31)30-15-17(2)14-25(30,3)4/h6-8,11-12,17-18H,5,9-10,13-16H2,1-4H3,(H2,26,31). The number of hydrogen-bond acceptors (Lipinski definition) is 7. The minimum atomic E-state index is -4.11. The first-order valence-corrected chi connectivity index (χ1v) is 13.6. The minimum Gasteiger partial charge on any atom is -0.365 e. The van der Waals surface area contributed by atoms with Crippen molar-refractivity contribution in [3.05, 3.63) is 36.0 Å². The first-order valence-electron chi connectivity index (χ1n) is 12.1. The van der Waals surface area contributed by atoms with Gasteiger partial charge in [-0.25, -0.2) is 18.4 Å². The van der Waals surface area contributed by atoms with Crippen LogP contribution in [0, 0.1) is 11.8 Å². The van der Waals surface area contributed by atoms with E-state index in [4.69, 9.17) is 5.73 Å². The molecule has 1 saturated heterocycles. The van der Waals surface area contributed by atoms with Crippen LogP contribution in [0.5, 0.6) is 0 Å². The number of hydrogen-bond donors (Lipinski definition) is 1. The Hall–Kier alpha value is -2.68. The molecule has 1 atom stereocenters. The highest BCUT2D eigenvalue weighted by Gasteiger charge is 2.40. The number of primary amides is 1. The van der Waals surface area contributed by atoms with Gasteiger partial charge in [0.25, 0.3) is 5.91 Å². The summed E-state index contributed by atoms with van der Waals surface area (Å²) in [5.74, 6) is 1.17. The number of aromatic nitrogens is 2. The van der Waals surface area contributed by atoms with Gasteiger partial charge in [-0.15, -0.1) is 0 Å². The monoisotopic (exact) mass is 485 g/mol. The van der Waals surface area contributed by atoms with E-state index in [0.717, 1.165) is 25.9 Å². The molecule has 1 aliphatic carbocycles.